The van der Waals surface area contributed by atoms with E-state index in [0.29, 0.717) is 5.56 Å². The van der Waals surface area contributed by atoms with E-state index in [4.69, 9.17) is 34.8 Å². The lowest BCUT2D eigenvalue weighted by Gasteiger charge is -2.16. The zero-order valence-corrected chi connectivity index (χ0v) is 8.48. The molecule has 0 unspecified atom stereocenters. The molecule has 1 aromatic heterocycles. The van der Waals surface area contributed by atoms with E-state index < -0.39 is 9.90 Å². The van der Waals surface area contributed by atoms with Crippen molar-refractivity contribution >= 4 is 34.8 Å². The van der Waals surface area contributed by atoms with Crippen molar-refractivity contribution in [3.8, 4) is 0 Å². The molecule has 1 aromatic rings. The maximum Gasteiger partial charge on any atom is 0.220 e. The van der Waals surface area contributed by atoms with Crippen molar-refractivity contribution < 1.29 is 5.11 Å². The fourth-order valence-electron chi connectivity index (χ4n) is 0.770. The van der Waals surface area contributed by atoms with Crippen LogP contribution in [0.4, 0.5) is 0 Å². The second-order valence-electron chi connectivity index (χ2n) is 2.39. The van der Waals surface area contributed by atoms with Gasteiger partial charge in [-0.15, -0.1) is 0 Å². The first kappa shape index (κ1) is 10.1. The van der Waals surface area contributed by atoms with Crippen LogP contribution in [0.25, 0.3) is 0 Å². The van der Waals surface area contributed by atoms with E-state index in [1.54, 1.807) is 13.2 Å². The Hall–Kier alpha value is 0.0400. The number of alkyl halides is 3. The summed E-state index contributed by atoms with van der Waals surface area (Å²) in [6.45, 7) is 0. The molecular weight excluding hydrogens is 222 g/mol. The van der Waals surface area contributed by atoms with Gasteiger partial charge in [0.05, 0.1) is 6.20 Å². The summed E-state index contributed by atoms with van der Waals surface area (Å²) >= 11 is 16.4. The molecule has 3 nitrogen and oxygen atoms in total. The lowest BCUT2D eigenvalue weighted by atomic mass is 10.2. The normalized spacial score (nSPS) is 14.8. The van der Waals surface area contributed by atoms with Gasteiger partial charge in [-0.1, -0.05) is 34.8 Å². The van der Waals surface area contributed by atoms with Gasteiger partial charge in [-0.3, -0.25) is 4.68 Å². The van der Waals surface area contributed by atoms with Crippen LogP contribution < -0.4 is 0 Å². The predicted octanol–water partition coefficient (Wildman–Crippen LogP) is 1.82. The van der Waals surface area contributed by atoms with Crippen LogP contribution in [0.1, 0.15) is 11.7 Å². The van der Waals surface area contributed by atoms with Crippen LogP contribution in [-0.2, 0) is 7.05 Å². The number of aryl methyl sites for hydroxylation is 1. The smallest absolute Gasteiger partial charge is 0.220 e. The minimum atomic E-state index is -1.71. The highest BCUT2D eigenvalue weighted by atomic mass is 35.6. The molecule has 0 spiro atoms. The molecule has 12 heavy (non-hydrogen) atoms. The summed E-state index contributed by atoms with van der Waals surface area (Å²) in [5, 5.41) is 13.3. The minimum absolute atomic E-state index is 0.484. The third-order valence-electron chi connectivity index (χ3n) is 1.35. The Morgan fingerprint density at radius 2 is 2.17 bits per heavy atom. The number of hydrogen-bond acceptors (Lipinski definition) is 2. The van der Waals surface area contributed by atoms with Gasteiger partial charge in [0.1, 0.15) is 6.10 Å². The molecule has 68 valence electrons. The van der Waals surface area contributed by atoms with E-state index in [-0.39, 0.29) is 0 Å². The molecule has 0 aromatic carbocycles. The number of aliphatic hydroxyl groups excluding tert-OH is 1. The van der Waals surface area contributed by atoms with E-state index in [0.717, 1.165) is 0 Å². The summed E-state index contributed by atoms with van der Waals surface area (Å²) < 4.78 is -0.183. The number of aliphatic hydroxyl groups is 1. The van der Waals surface area contributed by atoms with Crippen LogP contribution in [0.5, 0.6) is 0 Å². The Morgan fingerprint density at radius 1 is 1.58 bits per heavy atom. The first-order chi connectivity index (χ1) is 5.41. The number of nitrogens with zero attached hydrogens (tertiary/aromatic N) is 2. The zero-order chi connectivity index (χ0) is 9.35. The standard InChI is InChI=1S/C6H7Cl3N2O/c1-11-3-4(2-10-11)5(12)6(7,8)9/h2-3,5,12H,1H3/t5-/m1/s1. The molecule has 0 aliphatic rings. The number of halogens is 3. The van der Waals surface area contributed by atoms with E-state index in [1.807, 2.05) is 0 Å². The quantitative estimate of drug-likeness (QED) is 0.746. The molecule has 0 aliphatic carbocycles. The summed E-state index contributed by atoms with van der Waals surface area (Å²) in [5.41, 5.74) is 0.484. The van der Waals surface area contributed by atoms with Crippen molar-refractivity contribution in [2.45, 2.75) is 9.90 Å². The summed E-state index contributed by atoms with van der Waals surface area (Å²) in [6.07, 6.45) is 1.90. The van der Waals surface area contributed by atoms with Crippen LogP contribution in [-0.4, -0.2) is 18.7 Å². The van der Waals surface area contributed by atoms with Crippen LogP contribution >= 0.6 is 34.8 Å². The maximum absolute atomic E-state index is 9.42. The summed E-state index contributed by atoms with van der Waals surface area (Å²) in [6, 6.07) is 0. The molecular formula is C6H7Cl3N2O. The third-order valence-corrected chi connectivity index (χ3v) is 1.97. The third kappa shape index (κ3) is 2.26. The van der Waals surface area contributed by atoms with Crippen LogP contribution in [0, 0.1) is 0 Å². The topological polar surface area (TPSA) is 38.0 Å². The number of rotatable bonds is 1. The Morgan fingerprint density at radius 3 is 2.50 bits per heavy atom. The highest BCUT2D eigenvalue weighted by molar-refractivity contribution is 6.67. The second-order valence-corrected chi connectivity index (χ2v) is 4.76. The summed E-state index contributed by atoms with van der Waals surface area (Å²) in [7, 11) is 1.72. The molecule has 0 fully saturated rings. The van der Waals surface area contributed by atoms with Gasteiger partial charge in [-0.2, -0.15) is 5.10 Å². The molecule has 0 aliphatic heterocycles. The van der Waals surface area contributed by atoms with Crippen LogP contribution in [0.15, 0.2) is 12.4 Å². The SMILES string of the molecule is Cn1cc([C@@H](O)C(Cl)(Cl)Cl)cn1. The minimum Gasteiger partial charge on any atom is -0.384 e. The number of hydrogen-bond donors (Lipinski definition) is 1. The molecule has 1 heterocycles. The fraction of sp³-hybridized carbons (Fsp3) is 0.500. The molecule has 0 bridgehead atoms. The van der Waals surface area contributed by atoms with Gasteiger partial charge in [-0.25, -0.2) is 0 Å². The largest absolute Gasteiger partial charge is 0.384 e. The van der Waals surface area contributed by atoms with Crippen molar-refractivity contribution in [1.82, 2.24) is 9.78 Å². The highest BCUT2D eigenvalue weighted by Gasteiger charge is 2.32. The van der Waals surface area contributed by atoms with E-state index in [1.165, 1.54) is 10.9 Å². The van der Waals surface area contributed by atoms with Crippen molar-refractivity contribution in [1.29, 1.82) is 0 Å². The highest BCUT2D eigenvalue weighted by Crippen LogP contribution is 2.39. The fourth-order valence-corrected chi connectivity index (χ4v) is 1.15. The molecule has 0 saturated carbocycles. The van der Waals surface area contributed by atoms with Crippen molar-refractivity contribution in [2.24, 2.45) is 7.05 Å². The number of aromatic nitrogens is 2. The van der Waals surface area contributed by atoms with Gasteiger partial charge in [0.2, 0.25) is 3.79 Å². The first-order valence-electron chi connectivity index (χ1n) is 3.14. The van der Waals surface area contributed by atoms with Gasteiger partial charge >= 0.3 is 0 Å². The molecule has 6 heteroatoms. The Bertz CT molecular complexity index is 268. The average molecular weight is 229 g/mol. The van der Waals surface area contributed by atoms with Crippen molar-refractivity contribution in [2.75, 3.05) is 0 Å². The van der Waals surface area contributed by atoms with E-state index >= 15 is 0 Å². The summed E-state index contributed by atoms with van der Waals surface area (Å²) in [5.74, 6) is 0. The van der Waals surface area contributed by atoms with E-state index in [2.05, 4.69) is 5.10 Å². The molecule has 0 radical (unpaired) electrons. The maximum atomic E-state index is 9.42. The lowest BCUT2D eigenvalue weighted by Crippen LogP contribution is -2.15. The lowest BCUT2D eigenvalue weighted by molar-refractivity contribution is 0.182. The molecule has 0 saturated heterocycles. The molecule has 1 atom stereocenters. The van der Waals surface area contributed by atoms with Crippen molar-refractivity contribution in [3.05, 3.63) is 18.0 Å². The van der Waals surface area contributed by atoms with Crippen LogP contribution in [0.2, 0.25) is 0 Å². The van der Waals surface area contributed by atoms with Gasteiger partial charge in [0.25, 0.3) is 0 Å². The predicted molar refractivity (Wildman–Crippen MR) is 48.5 cm³/mol. The molecule has 1 N–H and O–H groups in total. The second kappa shape index (κ2) is 3.42. The van der Waals surface area contributed by atoms with Gasteiger partial charge in [-0.05, 0) is 0 Å². The average Bonchev–Trinajstić information content (AvgIpc) is 2.32. The van der Waals surface area contributed by atoms with E-state index in [9.17, 15) is 5.11 Å². The monoisotopic (exact) mass is 228 g/mol. The first-order valence-corrected chi connectivity index (χ1v) is 4.28. The Labute approximate surface area is 84.8 Å². The van der Waals surface area contributed by atoms with Crippen molar-refractivity contribution in [3.63, 3.8) is 0 Å². The molecule has 1 rings (SSSR count). The van der Waals surface area contributed by atoms with Crippen LogP contribution in [0.3, 0.4) is 0 Å². The summed E-state index contributed by atoms with van der Waals surface area (Å²) in [4.78, 5) is 0. The zero-order valence-electron chi connectivity index (χ0n) is 6.21. The Balaban J connectivity index is 2.85. The van der Waals surface area contributed by atoms with Gasteiger partial charge in [0.15, 0.2) is 0 Å². The van der Waals surface area contributed by atoms with Gasteiger partial charge < -0.3 is 5.11 Å². The van der Waals surface area contributed by atoms with Gasteiger partial charge in [0, 0.05) is 18.8 Å². The molecule has 0 amide bonds. The Kier molecular flexibility index (Phi) is 2.88.